The lowest BCUT2D eigenvalue weighted by Gasteiger charge is -2.17. The van der Waals surface area contributed by atoms with Gasteiger partial charge in [-0.05, 0) is 37.3 Å². The van der Waals surface area contributed by atoms with E-state index in [1.165, 1.54) is 45.4 Å². The largest absolute Gasteiger partial charge is 0.497 e. The zero-order valence-corrected chi connectivity index (χ0v) is 15.3. The lowest BCUT2D eigenvalue weighted by atomic mass is 10.1. The van der Waals surface area contributed by atoms with Crippen LogP contribution in [0.1, 0.15) is 22.8 Å². The first-order valence-electron chi connectivity index (χ1n) is 8.07. The number of halogens is 3. The van der Waals surface area contributed by atoms with E-state index in [2.05, 4.69) is 5.32 Å². The van der Waals surface area contributed by atoms with Crippen LogP contribution in [0.4, 0.5) is 18.9 Å². The van der Waals surface area contributed by atoms with Gasteiger partial charge in [-0.2, -0.15) is 13.2 Å². The van der Waals surface area contributed by atoms with Crippen LogP contribution in [0.15, 0.2) is 42.5 Å². The van der Waals surface area contributed by atoms with Crippen LogP contribution in [-0.2, 0) is 15.7 Å². The molecule has 2 aromatic rings. The Balaban J connectivity index is 2.15. The Morgan fingerprint density at radius 1 is 1.04 bits per heavy atom. The number of hydrogen-bond acceptors (Lipinski definition) is 5. The number of carbonyl (C=O) groups is 2. The van der Waals surface area contributed by atoms with Crippen LogP contribution in [0.5, 0.6) is 11.5 Å². The molecule has 0 aliphatic carbocycles. The first kappa shape index (κ1) is 21.1. The second-order valence-electron chi connectivity index (χ2n) is 5.65. The third kappa shape index (κ3) is 4.93. The average molecular weight is 397 g/mol. The van der Waals surface area contributed by atoms with Crippen LogP contribution in [0, 0.1) is 0 Å². The molecule has 0 unspecified atom stereocenters. The van der Waals surface area contributed by atoms with Crippen molar-refractivity contribution >= 4 is 17.6 Å². The number of carbonyl (C=O) groups excluding carboxylic acids is 2. The maximum absolute atomic E-state index is 13.0. The van der Waals surface area contributed by atoms with Gasteiger partial charge in [0.2, 0.25) is 0 Å². The fourth-order valence-electron chi connectivity index (χ4n) is 2.32. The van der Waals surface area contributed by atoms with Crippen molar-refractivity contribution in [2.75, 3.05) is 19.5 Å². The molecule has 0 saturated heterocycles. The SMILES string of the molecule is COc1ccc(OC)c(C(=O)O[C@H](C)C(=O)Nc2ccccc2C(F)(F)F)c1. The Morgan fingerprint density at radius 2 is 1.71 bits per heavy atom. The first-order valence-corrected chi connectivity index (χ1v) is 8.07. The van der Waals surface area contributed by atoms with Crippen molar-refractivity contribution in [1.29, 1.82) is 0 Å². The number of amides is 1. The molecule has 2 aromatic carbocycles. The van der Waals surface area contributed by atoms with E-state index < -0.39 is 35.4 Å². The van der Waals surface area contributed by atoms with Crippen molar-refractivity contribution in [3.8, 4) is 11.5 Å². The molecule has 1 atom stereocenters. The van der Waals surface area contributed by atoms with Gasteiger partial charge in [0.25, 0.3) is 5.91 Å². The fourth-order valence-corrected chi connectivity index (χ4v) is 2.32. The molecule has 28 heavy (non-hydrogen) atoms. The van der Waals surface area contributed by atoms with Crippen LogP contribution >= 0.6 is 0 Å². The van der Waals surface area contributed by atoms with Gasteiger partial charge in [-0.3, -0.25) is 4.79 Å². The quantitative estimate of drug-likeness (QED) is 0.749. The van der Waals surface area contributed by atoms with Crippen LogP contribution < -0.4 is 14.8 Å². The minimum atomic E-state index is -4.64. The normalized spacial score (nSPS) is 12.1. The lowest BCUT2D eigenvalue weighted by Crippen LogP contribution is -2.31. The summed E-state index contributed by atoms with van der Waals surface area (Å²) in [6.45, 7) is 1.25. The van der Waals surface area contributed by atoms with Crippen molar-refractivity contribution in [2.24, 2.45) is 0 Å². The number of esters is 1. The molecule has 6 nitrogen and oxygen atoms in total. The topological polar surface area (TPSA) is 73.9 Å². The Bertz CT molecular complexity index is 867. The monoisotopic (exact) mass is 397 g/mol. The van der Waals surface area contributed by atoms with Gasteiger partial charge < -0.3 is 19.5 Å². The van der Waals surface area contributed by atoms with E-state index in [1.54, 1.807) is 6.07 Å². The summed E-state index contributed by atoms with van der Waals surface area (Å²) in [6.07, 6.45) is -6.00. The molecule has 0 aliphatic heterocycles. The predicted molar refractivity (Wildman–Crippen MR) is 94.5 cm³/mol. The third-order valence-electron chi connectivity index (χ3n) is 3.77. The van der Waals surface area contributed by atoms with Crippen molar-refractivity contribution in [3.05, 3.63) is 53.6 Å². The summed E-state index contributed by atoms with van der Waals surface area (Å²) in [4.78, 5) is 24.6. The van der Waals surface area contributed by atoms with Gasteiger partial charge in [0, 0.05) is 0 Å². The van der Waals surface area contributed by atoms with Gasteiger partial charge in [-0.25, -0.2) is 4.79 Å². The van der Waals surface area contributed by atoms with E-state index in [9.17, 15) is 22.8 Å². The molecule has 1 N–H and O–H groups in total. The van der Waals surface area contributed by atoms with Crippen molar-refractivity contribution < 1.29 is 37.0 Å². The molecule has 1 amide bonds. The highest BCUT2D eigenvalue weighted by Gasteiger charge is 2.34. The number of nitrogens with one attached hydrogen (secondary N) is 1. The fraction of sp³-hybridized carbons (Fsp3) is 0.263. The molecule has 2 rings (SSSR count). The Labute approximate surface area is 159 Å². The van der Waals surface area contributed by atoms with Gasteiger partial charge in [0.05, 0.1) is 25.5 Å². The molecule has 0 heterocycles. The molecular formula is C19H18F3NO5. The molecule has 0 fully saturated rings. The van der Waals surface area contributed by atoms with Crippen molar-refractivity contribution in [1.82, 2.24) is 0 Å². The third-order valence-corrected chi connectivity index (χ3v) is 3.77. The Morgan fingerprint density at radius 3 is 2.32 bits per heavy atom. The van der Waals surface area contributed by atoms with E-state index in [1.807, 2.05) is 0 Å². The molecule has 150 valence electrons. The zero-order valence-electron chi connectivity index (χ0n) is 15.3. The van der Waals surface area contributed by atoms with Crippen LogP contribution in [0.25, 0.3) is 0 Å². The van der Waals surface area contributed by atoms with Gasteiger partial charge in [0.1, 0.15) is 17.1 Å². The van der Waals surface area contributed by atoms with Crippen molar-refractivity contribution in [2.45, 2.75) is 19.2 Å². The zero-order chi connectivity index (χ0) is 20.9. The minimum absolute atomic E-state index is 0.0113. The summed E-state index contributed by atoms with van der Waals surface area (Å²) in [7, 11) is 2.76. The Kier molecular flexibility index (Phi) is 6.50. The molecule has 0 radical (unpaired) electrons. The highest BCUT2D eigenvalue weighted by molar-refractivity contribution is 5.98. The summed E-state index contributed by atoms with van der Waals surface area (Å²) >= 11 is 0. The van der Waals surface area contributed by atoms with Gasteiger partial charge in [-0.1, -0.05) is 12.1 Å². The van der Waals surface area contributed by atoms with E-state index >= 15 is 0 Å². The molecule has 0 aromatic heterocycles. The minimum Gasteiger partial charge on any atom is -0.497 e. The number of alkyl halides is 3. The van der Waals surface area contributed by atoms with Gasteiger partial charge in [-0.15, -0.1) is 0 Å². The number of methoxy groups -OCH3 is 2. The number of benzene rings is 2. The van der Waals surface area contributed by atoms with E-state index in [0.29, 0.717) is 5.75 Å². The molecule has 0 spiro atoms. The maximum Gasteiger partial charge on any atom is 0.418 e. The second-order valence-corrected chi connectivity index (χ2v) is 5.65. The smallest absolute Gasteiger partial charge is 0.418 e. The molecule has 0 bridgehead atoms. The van der Waals surface area contributed by atoms with Crippen LogP contribution in [0.3, 0.4) is 0 Å². The van der Waals surface area contributed by atoms with Gasteiger partial charge >= 0.3 is 12.1 Å². The summed E-state index contributed by atoms with van der Waals surface area (Å²) in [6, 6.07) is 8.93. The molecular weight excluding hydrogens is 379 g/mol. The maximum atomic E-state index is 13.0. The first-order chi connectivity index (χ1) is 13.2. The van der Waals surface area contributed by atoms with Crippen LogP contribution in [-0.4, -0.2) is 32.2 Å². The predicted octanol–water partition coefficient (Wildman–Crippen LogP) is 3.91. The average Bonchev–Trinajstić information content (AvgIpc) is 2.66. The lowest BCUT2D eigenvalue weighted by molar-refractivity contribution is -0.137. The highest BCUT2D eigenvalue weighted by atomic mass is 19.4. The number of para-hydroxylation sites is 1. The Hall–Kier alpha value is -3.23. The summed E-state index contributed by atoms with van der Waals surface area (Å²) in [5.74, 6) is -1.24. The summed E-state index contributed by atoms with van der Waals surface area (Å²) in [5, 5.41) is 2.13. The van der Waals surface area contributed by atoms with Crippen LogP contribution in [0.2, 0.25) is 0 Å². The van der Waals surface area contributed by atoms with E-state index in [4.69, 9.17) is 14.2 Å². The van der Waals surface area contributed by atoms with E-state index in [0.717, 1.165) is 12.1 Å². The summed E-state index contributed by atoms with van der Waals surface area (Å²) in [5.41, 5.74) is -1.42. The molecule has 9 heteroatoms. The molecule has 0 saturated carbocycles. The number of anilines is 1. The van der Waals surface area contributed by atoms with Gasteiger partial charge in [0.15, 0.2) is 6.10 Å². The number of ether oxygens (including phenoxy) is 3. The molecule has 0 aliphatic rings. The highest BCUT2D eigenvalue weighted by Crippen LogP contribution is 2.34. The van der Waals surface area contributed by atoms with Crippen molar-refractivity contribution in [3.63, 3.8) is 0 Å². The second kappa shape index (κ2) is 8.64. The number of rotatable bonds is 6. The summed E-state index contributed by atoms with van der Waals surface area (Å²) < 4.78 is 54.2. The van der Waals surface area contributed by atoms with E-state index in [-0.39, 0.29) is 11.3 Å². The number of hydrogen-bond donors (Lipinski definition) is 1. The standard InChI is InChI=1S/C19H18F3NO5/c1-11(17(24)23-15-7-5-4-6-14(15)19(20,21)22)28-18(25)13-10-12(26-2)8-9-16(13)27-3/h4-11H,1-3H3,(H,23,24)/t11-/m1/s1.